The molecule has 1 fully saturated rings. The van der Waals surface area contributed by atoms with Crippen molar-refractivity contribution in [3.05, 3.63) is 17.5 Å². The summed E-state index contributed by atoms with van der Waals surface area (Å²) in [6.07, 6.45) is -0.342. The number of carbonyl (C=O) groups is 3. The Morgan fingerprint density at radius 2 is 1.93 bits per heavy atom. The molecule has 4 amide bonds. The molecule has 29 heavy (non-hydrogen) atoms. The third kappa shape index (κ3) is 6.30. The molecule has 156 valence electrons. The van der Waals surface area contributed by atoms with Gasteiger partial charge in [0.15, 0.2) is 4.34 Å². The van der Waals surface area contributed by atoms with Gasteiger partial charge in [-0.15, -0.1) is 21.5 Å². The van der Waals surface area contributed by atoms with Crippen LogP contribution in [-0.4, -0.2) is 76.6 Å². The zero-order valence-corrected chi connectivity index (χ0v) is 18.1. The maximum Gasteiger partial charge on any atom is 0.409 e. The van der Waals surface area contributed by atoms with Gasteiger partial charge in [0.1, 0.15) is 0 Å². The van der Waals surface area contributed by atoms with Crippen molar-refractivity contribution < 1.29 is 19.1 Å². The number of thiophene rings is 1. The molecule has 0 aliphatic carbocycles. The maximum absolute atomic E-state index is 12.4. The van der Waals surface area contributed by atoms with Gasteiger partial charge in [-0.25, -0.2) is 9.59 Å². The van der Waals surface area contributed by atoms with E-state index in [1.54, 1.807) is 22.8 Å². The van der Waals surface area contributed by atoms with Gasteiger partial charge < -0.3 is 14.5 Å². The summed E-state index contributed by atoms with van der Waals surface area (Å²) < 4.78 is 5.57. The number of thioether (sulfide) groups is 1. The fraction of sp³-hybridized carbons (Fsp3) is 0.438. The molecular weight excluding hydrogens is 436 g/mol. The molecular formula is C16H20N6O4S3. The minimum Gasteiger partial charge on any atom is -0.450 e. The number of nitrogens with one attached hydrogen (secondary N) is 2. The number of piperazine rings is 1. The second-order valence-corrected chi connectivity index (χ2v) is 8.93. The first-order chi connectivity index (χ1) is 14.0. The van der Waals surface area contributed by atoms with Crippen molar-refractivity contribution in [3.63, 3.8) is 0 Å². The van der Waals surface area contributed by atoms with Crippen molar-refractivity contribution in [1.29, 1.82) is 0 Å². The van der Waals surface area contributed by atoms with Gasteiger partial charge in [-0.05, 0) is 24.4 Å². The molecule has 2 N–H and O–H groups in total. The molecule has 0 spiro atoms. The summed E-state index contributed by atoms with van der Waals surface area (Å²) >= 11 is 3.89. The molecule has 3 rings (SSSR count). The van der Waals surface area contributed by atoms with E-state index in [0.717, 1.165) is 5.00 Å². The molecule has 3 heterocycles. The zero-order valence-electron chi connectivity index (χ0n) is 15.6. The number of amides is 4. The number of anilines is 2. The molecule has 0 bridgehead atoms. The van der Waals surface area contributed by atoms with E-state index in [1.807, 2.05) is 11.4 Å². The van der Waals surface area contributed by atoms with E-state index in [-0.39, 0.29) is 17.8 Å². The Labute approximate surface area is 179 Å². The van der Waals surface area contributed by atoms with Gasteiger partial charge in [-0.3, -0.25) is 15.4 Å². The van der Waals surface area contributed by atoms with Crippen LogP contribution in [0, 0.1) is 0 Å². The summed E-state index contributed by atoms with van der Waals surface area (Å²) in [7, 11) is 0. The molecule has 1 aliphatic rings. The van der Waals surface area contributed by atoms with Crippen molar-refractivity contribution >= 4 is 62.6 Å². The van der Waals surface area contributed by atoms with Crippen LogP contribution in [0.3, 0.4) is 0 Å². The van der Waals surface area contributed by atoms with Gasteiger partial charge >= 0.3 is 12.1 Å². The fourth-order valence-electron chi connectivity index (χ4n) is 2.48. The van der Waals surface area contributed by atoms with Crippen molar-refractivity contribution in [2.45, 2.75) is 11.3 Å². The summed E-state index contributed by atoms with van der Waals surface area (Å²) in [5.74, 6) is 0.189. The third-order valence-corrected chi connectivity index (χ3v) is 6.60. The number of nitrogens with zero attached hydrogens (tertiary/aromatic N) is 4. The van der Waals surface area contributed by atoms with Gasteiger partial charge in [-0.2, -0.15) is 0 Å². The molecule has 0 unspecified atom stereocenters. The molecule has 0 aromatic carbocycles. The van der Waals surface area contributed by atoms with E-state index in [2.05, 4.69) is 20.8 Å². The predicted molar refractivity (Wildman–Crippen MR) is 113 cm³/mol. The largest absolute Gasteiger partial charge is 0.450 e. The lowest BCUT2D eigenvalue weighted by atomic mass is 10.3. The lowest BCUT2D eigenvalue weighted by Gasteiger charge is -2.33. The molecule has 0 saturated carbocycles. The topological polar surface area (TPSA) is 117 Å². The van der Waals surface area contributed by atoms with Crippen molar-refractivity contribution in [3.8, 4) is 0 Å². The number of urea groups is 1. The highest BCUT2D eigenvalue weighted by molar-refractivity contribution is 8.01. The average Bonchev–Trinajstić information content (AvgIpc) is 3.38. The average molecular weight is 457 g/mol. The number of carbonyl (C=O) groups excluding carboxylic acids is 3. The summed E-state index contributed by atoms with van der Waals surface area (Å²) in [6.45, 7) is 3.97. The smallest absolute Gasteiger partial charge is 0.409 e. The van der Waals surface area contributed by atoms with Gasteiger partial charge in [0, 0.05) is 26.2 Å². The van der Waals surface area contributed by atoms with Gasteiger partial charge in [0.2, 0.25) is 11.0 Å². The monoisotopic (exact) mass is 456 g/mol. The van der Waals surface area contributed by atoms with Crippen molar-refractivity contribution in [2.75, 3.05) is 49.2 Å². The summed E-state index contributed by atoms with van der Waals surface area (Å²) in [4.78, 5) is 39.3. The SMILES string of the molecule is CCOC(=O)N1CCN(C(=O)CSc2nnc(NC(=O)Nc3cccs3)s2)CC1. The lowest BCUT2D eigenvalue weighted by molar-refractivity contribution is -0.129. The molecule has 10 nitrogen and oxygen atoms in total. The van der Waals surface area contributed by atoms with Gasteiger partial charge in [-0.1, -0.05) is 23.1 Å². The minimum atomic E-state index is -0.393. The first kappa shape index (κ1) is 21.3. The Morgan fingerprint density at radius 1 is 1.17 bits per heavy atom. The number of ether oxygens (including phenoxy) is 1. The van der Waals surface area contributed by atoms with Crippen LogP contribution in [0.4, 0.5) is 19.7 Å². The zero-order chi connectivity index (χ0) is 20.6. The normalized spacial score (nSPS) is 13.8. The first-order valence-corrected chi connectivity index (χ1v) is 11.5. The van der Waals surface area contributed by atoms with Crippen LogP contribution in [0.15, 0.2) is 21.9 Å². The molecule has 1 saturated heterocycles. The van der Waals surface area contributed by atoms with Crippen molar-refractivity contribution in [1.82, 2.24) is 20.0 Å². The first-order valence-electron chi connectivity index (χ1n) is 8.82. The van der Waals surface area contributed by atoms with Gasteiger partial charge in [0.05, 0.1) is 17.4 Å². The van der Waals surface area contributed by atoms with Gasteiger partial charge in [0.25, 0.3) is 0 Å². The van der Waals surface area contributed by atoms with Crippen LogP contribution in [0.5, 0.6) is 0 Å². The molecule has 0 atom stereocenters. The molecule has 2 aromatic rings. The number of rotatable bonds is 6. The highest BCUT2D eigenvalue weighted by Gasteiger charge is 2.25. The van der Waals surface area contributed by atoms with Crippen LogP contribution in [0.2, 0.25) is 0 Å². The minimum absolute atomic E-state index is 0.0290. The van der Waals surface area contributed by atoms with E-state index in [9.17, 15) is 14.4 Å². The van der Waals surface area contributed by atoms with E-state index in [0.29, 0.717) is 42.3 Å². The molecule has 1 aliphatic heterocycles. The Kier molecular flexibility index (Phi) is 7.66. The lowest BCUT2D eigenvalue weighted by Crippen LogP contribution is -2.51. The van der Waals surface area contributed by atoms with Crippen LogP contribution in [-0.2, 0) is 9.53 Å². The third-order valence-electron chi connectivity index (χ3n) is 3.86. The highest BCUT2D eigenvalue weighted by atomic mass is 32.2. The van der Waals surface area contributed by atoms with E-state index in [4.69, 9.17) is 4.74 Å². The van der Waals surface area contributed by atoms with Crippen LogP contribution >= 0.6 is 34.4 Å². The molecule has 13 heteroatoms. The maximum atomic E-state index is 12.4. The van der Waals surface area contributed by atoms with Crippen LogP contribution in [0.1, 0.15) is 6.92 Å². The quantitative estimate of drug-likeness (QED) is 0.507. The number of hydrogen-bond donors (Lipinski definition) is 2. The van der Waals surface area contributed by atoms with E-state index >= 15 is 0 Å². The summed E-state index contributed by atoms with van der Waals surface area (Å²) in [6, 6.07) is 3.24. The Morgan fingerprint density at radius 3 is 2.62 bits per heavy atom. The second kappa shape index (κ2) is 10.4. The highest BCUT2D eigenvalue weighted by Crippen LogP contribution is 2.26. The second-order valence-electron chi connectivity index (χ2n) is 5.78. The van der Waals surface area contributed by atoms with E-state index < -0.39 is 6.03 Å². The van der Waals surface area contributed by atoms with E-state index in [1.165, 1.54) is 34.4 Å². The Hall–Kier alpha value is -2.38. The number of aromatic nitrogens is 2. The van der Waals surface area contributed by atoms with Crippen LogP contribution in [0.25, 0.3) is 0 Å². The Balaban J connectivity index is 1.40. The number of hydrogen-bond acceptors (Lipinski definition) is 9. The molecule has 2 aromatic heterocycles. The summed E-state index contributed by atoms with van der Waals surface area (Å²) in [5.41, 5.74) is 0. The summed E-state index contributed by atoms with van der Waals surface area (Å²) in [5, 5.41) is 16.2. The molecule has 0 radical (unpaired) electrons. The standard InChI is InChI=1S/C16H20N6O4S3/c1-2-26-16(25)22-7-5-21(6-8-22)12(23)10-28-15-20-19-14(29-15)18-13(24)17-11-4-3-9-27-11/h3-4,9H,2,5-8,10H2,1H3,(H2,17,18,19,24). The van der Waals surface area contributed by atoms with Crippen LogP contribution < -0.4 is 10.6 Å². The van der Waals surface area contributed by atoms with Crippen molar-refractivity contribution in [2.24, 2.45) is 0 Å². The predicted octanol–water partition coefficient (Wildman–Crippen LogP) is 2.64. The Bertz CT molecular complexity index is 836. The fourth-order valence-corrected chi connectivity index (χ4v) is 4.74.